The van der Waals surface area contributed by atoms with Gasteiger partial charge >= 0.3 is 0 Å². The van der Waals surface area contributed by atoms with Crippen molar-refractivity contribution in [1.29, 1.82) is 5.26 Å². The number of rotatable bonds is 1. The van der Waals surface area contributed by atoms with E-state index in [2.05, 4.69) is 35.3 Å². The third-order valence-corrected chi connectivity index (χ3v) is 3.74. The zero-order chi connectivity index (χ0) is 9.42. The third kappa shape index (κ3) is 1.65. The topological polar surface area (TPSA) is 28.7 Å². The van der Waals surface area contributed by atoms with Crippen molar-refractivity contribution in [3.8, 4) is 6.07 Å². The van der Waals surface area contributed by atoms with Gasteiger partial charge in [0.2, 0.25) is 5.03 Å². The number of nitrogens with zero attached hydrogens (tertiary/aromatic N) is 2. The smallest absolute Gasteiger partial charge is 0.227 e. The van der Waals surface area contributed by atoms with Crippen LogP contribution in [0.4, 0.5) is 0 Å². The van der Waals surface area contributed by atoms with E-state index in [-0.39, 0.29) is 18.3 Å². The van der Waals surface area contributed by atoms with Gasteiger partial charge in [-0.25, -0.2) is 0 Å². The van der Waals surface area contributed by atoms with Crippen LogP contribution in [0.15, 0.2) is 17.2 Å². The number of fused-ring (bicyclic) bond motifs is 1. The van der Waals surface area contributed by atoms with E-state index in [0.717, 1.165) is 13.0 Å². The molecule has 0 bridgehead atoms. The van der Waals surface area contributed by atoms with Gasteiger partial charge in [-0.15, -0.1) is 0 Å². The second kappa shape index (κ2) is 4.29. The SMILES string of the molecule is C[S+](C)c1ccc2n1CCC2C#N.[Cl-]. The molecule has 1 aromatic rings. The van der Waals surface area contributed by atoms with Crippen LogP contribution in [0.5, 0.6) is 0 Å². The van der Waals surface area contributed by atoms with E-state index in [0.29, 0.717) is 10.9 Å². The van der Waals surface area contributed by atoms with Crippen LogP contribution in [0.25, 0.3) is 0 Å². The fourth-order valence-corrected chi connectivity index (χ4v) is 2.88. The van der Waals surface area contributed by atoms with Crippen LogP contribution in [-0.4, -0.2) is 17.1 Å². The van der Waals surface area contributed by atoms with Gasteiger partial charge in [-0.1, -0.05) is 0 Å². The van der Waals surface area contributed by atoms with Gasteiger partial charge in [0.15, 0.2) is 0 Å². The van der Waals surface area contributed by atoms with E-state index in [1.807, 2.05) is 0 Å². The highest BCUT2D eigenvalue weighted by Crippen LogP contribution is 2.31. The molecule has 0 aromatic carbocycles. The number of hydrogen-bond acceptors (Lipinski definition) is 1. The van der Waals surface area contributed by atoms with Gasteiger partial charge in [-0.2, -0.15) is 5.26 Å². The van der Waals surface area contributed by atoms with Crippen molar-refractivity contribution in [2.24, 2.45) is 0 Å². The van der Waals surface area contributed by atoms with Crippen LogP contribution in [0.2, 0.25) is 0 Å². The Morgan fingerprint density at radius 3 is 2.79 bits per heavy atom. The van der Waals surface area contributed by atoms with Gasteiger partial charge in [0.25, 0.3) is 0 Å². The summed E-state index contributed by atoms with van der Waals surface area (Å²) in [5.74, 6) is 0.136. The molecule has 76 valence electrons. The van der Waals surface area contributed by atoms with Crippen molar-refractivity contribution in [2.45, 2.75) is 23.9 Å². The van der Waals surface area contributed by atoms with Crippen LogP contribution in [-0.2, 0) is 17.4 Å². The molecule has 0 spiro atoms. The largest absolute Gasteiger partial charge is 1.00 e. The maximum atomic E-state index is 8.90. The lowest BCUT2D eigenvalue weighted by molar-refractivity contribution is -0.00000303. The molecule has 14 heavy (non-hydrogen) atoms. The van der Waals surface area contributed by atoms with Crippen molar-refractivity contribution in [2.75, 3.05) is 12.5 Å². The minimum atomic E-state index is 0. The zero-order valence-electron chi connectivity index (χ0n) is 8.33. The Balaban J connectivity index is 0.000000980. The van der Waals surface area contributed by atoms with E-state index >= 15 is 0 Å². The molecule has 4 heteroatoms. The van der Waals surface area contributed by atoms with E-state index < -0.39 is 0 Å². The van der Waals surface area contributed by atoms with E-state index in [1.165, 1.54) is 10.7 Å². The third-order valence-electron chi connectivity index (χ3n) is 2.55. The van der Waals surface area contributed by atoms with Crippen molar-refractivity contribution in [3.05, 3.63) is 17.8 Å². The normalized spacial score (nSPS) is 18.9. The summed E-state index contributed by atoms with van der Waals surface area (Å²) in [6.07, 6.45) is 5.45. The first-order valence-corrected chi connectivity index (χ1v) is 6.45. The van der Waals surface area contributed by atoms with Crippen LogP contribution in [0, 0.1) is 11.3 Å². The maximum Gasteiger partial charge on any atom is 0.227 e. The number of nitriles is 1. The average Bonchev–Trinajstić information content (AvgIpc) is 2.61. The Labute approximate surface area is 93.7 Å². The van der Waals surface area contributed by atoms with Crippen LogP contribution < -0.4 is 12.4 Å². The molecule has 0 N–H and O–H groups in total. The molecule has 1 aliphatic rings. The van der Waals surface area contributed by atoms with E-state index in [4.69, 9.17) is 5.26 Å². The number of aromatic nitrogens is 1. The second-order valence-electron chi connectivity index (χ2n) is 3.53. The molecule has 0 fully saturated rings. The highest BCUT2D eigenvalue weighted by atomic mass is 35.5. The average molecular weight is 229 g/mol. The Bertz CT molecular complexity index is 365. The summed E-state index contributed by atoms with van der Waals surface area (Å²) < 4.78 is 2.32. The first-order chi connectivity index (χ1) is 6.24. The Hall–Kier alpha value is -0.590. The first-order valence-electron chi connectivity index (χ1n) is 4.40. The van der Waals surface area contributed by atoms with E-state index in [9.17, 15) is 0 Å². The molecule has 0 saturated carbocycles. The molecule has 1 aromatic heterocycles. The molecule has 2 nitrogen and oxygen atoms in total. The van der Waals surface area contributed by atoms with Gasteiger partial charge in [0.1, 0.15) is 12.5 Å². The van der Waals surface area contributed by atoms with Crippen molar-refractivity contribution < 1.29 is 12.4 Å². The van der Waals surface area contributed by atoms with Crippen LogP contribution in [0.3, 0.4) is 0 Å². The maximum absolute atomic E-state index is 8.90. The van der Waals surface area contributed by atoms with Gasteiger partial charge in [-0.05, 0) is 12.5 Å². The highest BCUT2D eigenvalue weighted by Gasteiger charge is 2.28. The minimum absolute atomic E-state index is 0. The van der Waals surface area contributed by atoms with Gasteiger partial charge < -0.3 is 17.0 Å². The fraction of sp³-hybridized carbons (Fsp3) is 0.500. The lowest BCUT2D eigenvalue weighted by Crippen LogP contribution is -3.00. The summed E-state index contributed by atoms with van der Waals surface area (Å²) in [5.41, 5.74) is 1.22. The van der Waals surface area contributed by atoms with Gasteiger partial charge in [0.05, 0.1) is 12.0 Å². The highest BCUT2D eigenvalue weighted by molar-refractivity contribution is 7.95. The molecule has 0 aliphatic carbocycles. The number of halogens is 1. The molecular weight excluding hydrogens is 216 g/mol. The Morgan fingerprint density at radius 1 is 1.50 bits per heavy atom. The van der Waals surface area contributed by atoms with Crippen molar-refractivity contribution in [1.82, 2.24) is 4.57 Å². The molecule has 0 amide bonds. The lowest BCUT2D eigenvalue weighted by Gasteiger charge is -2.00. The molecule has 1 unspecified atom stereocenters. The molecule has 1 atom stereocenters. The van der Waals surface area contributed by atoms with E-state index in [1.54, 1.807) is 0 Å². The lowest BCUT2D eigenvalue weighted by atomic mass is 10.1. The first kappa shape index (κ1) is 11.5. The summed E-state index contributed by atoms with van der Waals surface area (Å²) in [6.45, 7) is 1.03. The van der Waals surface area contributed by atoms with Crippen LogP contribution >= 0.6 is 0 Å². The quantitative estimate of drug-likeness (QED) is 0.552. The zero-order valence-corrected chi connectivity index (χ0v) is 9.90. The summed E-state index contributed by atoms with van der Waals surface area (Å²) >= 11 is 0. The molecule has 2 rings (SSSR count). The molecule has 0 radical (unpaired) electrons. The second-order valence-corrected chi connectivity index (χ2v) is 5.59. The monoisotopic (exact) mass is 228 g/mol. The van der Waals surface area contributed by atoms with Crippen LogP contribution in [0.1, 0.15) is 18.0 Å². The van der Waals surface area contributed by atoms with Gasteiger partial charge in [0, 0.05) is 29.2 Å². The summed E-state index contributed by atoms with van der Waals surface area (Å²) in [7, 11) is 0.307. The van der Waals surface area contributed by atoms with Gasteiger partial charge in [-0.3, -0.25) is 0 Å². The fourth-order valence-electron chi connectivity index (χ4n) is 1.90. The minimum Gasteiger partial charge on any atom is -1.00 e. The summed E-state index contributed by atoms with van der Waals surface area (Å²) in [5, 5.41) is 10.3. The standard InChI is InChI=1S/C10H13N2S.ClH/c1-13(2)10-4-3-9-8(7-11)5-6-12(9)10;/h3-4,8H,5-6H2,1-2H3;1H/q+1;/p-1. The predicted molar refractivity (Wildman–Crippen MR) is 54.9 cm³/mol. The predicted octanol–water partition coefficient (Wildman–Crippen LogP) is -1.26. The molecular formula is C10H13ClN2S. The Morgan fingerprint density at radius 2 is 2.21 bits per heavy atom. The molecule has 0 saturated heterocycles. The molecule has 2 heterocycles. The summed E-state index contributed by atoms with van der Waals surface area (Å²) in [4.78, 5) is 0. The molecule has 1 aliphatic heterocycles. The summed E-state index contributed by atoms with van der Waals surface area (Å²) in [6, 6.07) is 6.64. The van der Waals surface area contributed by atoms with Crippen molar-refractivity contribution >= 4 is 10.9 Å². The number of hydrogen-bond donors (Lipinski definition) is 0. The Kier molecular flexibility index (Phi) is 3.52. The van der Waals surface area contributed by atoms with Crippen molar-refractivity contribution in [3.63, 3.8) is 0 Å².